The first-order chi connectivity index (χ1) is 13.6. The van der Waals surface area contributed by atoms with Gasteiger partial charge in [0.15, 0.2) is 17.1 Å². The first kappa shape index (κ1) is 20.4. The molecule has 0 aliphatic heterocycles. The number of amides is 1. The number of aromatic nitrogens is 3. The number of ether oxygens (including phenoxy) is 1. The van der Waals surface area contributed by atoms with Gasteiger partial charge in [-0.3, -0.25) is 4.79 Å². The second-order valence-electron chi connectivity index (χ2n) is 6.01. The van der Waals surface area contributed by atoms with Crippen molar-refractivity contribution in [3.8, 4) is 5.75 Å². The summed E-state index contributed by atoms with van der Waals surface area (Å²) in [7, 11) is 0. The first-order valence-corrected chi connectivity index (χ1v) is 10.7. The molecule has 0 unspecified atom stereocenters. The van der Waals surface area contributed by atoms with Crippen LogP contribution in [0.15, 0.2) is 64.2 Å². The molecule has 0 aliphatic carbocycles. The average molecular weight is 461 g/mol. The molecule has 2 aromatic carbocycles. The summed E-state index contributed by atoms with van der Waals surface area (Å²) in [5, 5.41) is 12.1. The molecule has 28 heavy (non-hydrogen) atoms. The SMILES string of the molecule is CCn1c(SCC(=O)Nc2cccc(Br)c2)nnc1[C@H](C)Oc1ccccc1. The van der Waals surface area contributed by atoms with E-state index >= 15 is 0 Å². The average Bonchev–Trinajstić information content (AvgIpc) is 3.10. The van der Waals surface area contributed by atoms with Crippen LogP contribution in [0.2, 0.25) is 0 Å². The fourth-order valence-electron chi connectivity index (χ4n) is 2.65. The molecule has 1 amide bonds. The second-order valence-corrected chi connectivity index (χ2v) is 7.86. The van der Waals surface area contributed by atoms with Crippen LogP contribution < -0.4 is 10.1 Å². The molecule has 0 spiro atoms. The van der Waals surface area contributed by atoms with Crippen LogP contribution in [0.5, 0.6) is 5.75 Å². The molecule has 146 valence electrons. The summed E-state index contributed by atoms with van der Waals surface area (Å²) in [6.07, 6.45) is -0.250. The molecule has 0 saturated heterocycles. The van der Waals surface area contributed by atoms with Crippen LogP contribution in [0.3, 0.4) is 0 Å². The molecule has 3 rings (SSSR count). The predicted octanol–water partition coefficient (Wildman–Crippen LogP) is 4.93. The molecule has 1 aromatic heterocycles. The van der Waals surface area contributed by atoms with Crippen LogP contribution in [-0.4, -0.2) is 26.4 Å². The van der Waals surface area contributed by atoms with Gasteiger partial charge in [-0.05, 0) is 44.2 Å². The molecule has 8 heteroatoms. The number of nitrogens with zero attached hydrogens (tertiary/aromatic N) is 3. The van der Waals surface area contributed by atoms with Gasteiger partial charge in [-0.2, -0.15) is 0 Å². The Labute approximate surface area is 176 Å². The molecule has 0 radical (unpaired) electrons. The van der Waals surface area contributed by atoms with E-state index in [1.165, 1.54) is 11.8 Å². The maximum absolute atomic E-state index is 12.2. The number of hydrogen-bond donors (Lipinski definition) is 1. The zero-order valence-corrected chi connectivity index (χ0v) is 18.0. The van der Waals surface area contributed by atoms with E-state index in [-0.39, 0.29) is 17.8 Å². The number of rotatable bonds is 8. The van der Waals surface area contributed by atoms with Crippen LogP contribution >= 0.6 is 27.7 Å². The van der Waals surface area contributed by atoms with Crippen molar-refractivity contribution in [3.05, 3.63) is 64.9 Å². The van der Waals surface area contributed by atoms with E-state index in [4.69, 9.17) is 4.74 Å². The molecule has 0 saturated carbocycles. The highest BCUT2D eigenvalue weighted by molar-refractivity contribution is 9.10. The largest absolute Gasteiger partial charge is 0.483 e. The molecule has 0 bridgehead atoms. The molecule has 0 fully saturated rings. The second kappa shape index (κ2) is 9.75. The number of hydrogen-bond acceptors (Lipinski definition) is 5. The summed E-state index contributed by atoms with van der Waals surface area (Å²) in [4.78, 5) is 12.2. The smallest absolute Gasteiger partial charge is 0.234 e. The van der Waals surface area contributed by atoms with Crippen LogP contribution in [-0.2, 0) is 11.3 Å². The van der Waals surface area contributed by atoms with Gasteiger partial charge in [0.1, 0.15) is 5.75 Å². The minimum atomic E-state index is -0.250. The zero-order valence-electron chi connectivity index (χ0n) is 15.6. The number of anilines is 1. The van der Waals surface area contributed by atoms with E-state index < -0.39 is 0 Å². The lowest BCUT2D eigenvalue weighted by molar-refractivity contribution is -0.113. The van der Waals surface area contributed by atoms with Gasteiger partial charge in [0.05, 0.1) is 5.75 Å². The molecule has 0 aliphatic rings. The molecule has 1 heterocycles. The van der Waals surface area contributed by atoms with E-state index in [0.717, 1.165) is 21.7 Å². The first-order valence-electron chi connectivity index (χ1n) is 8.90. The van der Waals surface area contributed by atoms with Crippen molar-refractivity contribution in [1.29, 1.82) is 0 Å². The summed E-state index contributed by atoms with van der Waals surface area (Å²) in [5.41, 5.74) is 0.752. The van der Waals surface area contributed by atoms with Crippen molar-refractivity contribution >= 4 is 39.3 Å². The molecular weight excluding hydrogens is 440 g/mol. The number of carbonyl (C=O) groups is 1. The lowest BCUT2D eigenvalue weighted by Crippen LogP contribution is -2.15. The van der Waals surface area contributed by atoms with Gasteiger partial charge in [-0.1, -0.05) is 52.0 Å². The number of halogens is 1. The summed E-state index contributed by atoms with van der Waals surface area (Å²) in [6, 6.07) is 17.1. The molecule has 3 aromatic rings. The fraction of sp³-hybridized carbons (Fsp3) is 0.250. The zero-order chi connectivity index (χ0) is 19.9. The van der Waals surface area contributed by atoms with Crippen LogP contribution in [0.1, 0.15) is 25.8 Å². The summed E-state index contributed by atoms with van der Waals surface area (Å²) < 4.78 is 8.85. The van der Waals surface area contributed by atoms with Crippen molar-refractivity contribution in [3.63, 3.8) is 0 Å². The van der Waals surface area contributed by atoms with Crippen molar-refractivity contribution in [2.75, 3.05) is 11.1 Å². The number of carbonyl (C=O) groups excluding carboxylic acids is 1. The fourth-order valence-corrected chi connectivity index (χ4v) is 3.86. The van der Waals surface area contributed by atoms with Gasteiger partial charge in [-0.25, -0.2) is 0 Å². The highest BCUT2D eigenvalue weighted by atomic mass is 79.9. The Morgan fingerprint density at radius 2 is 2.00 bits per heavy atom. The van der Waals surface area contributed by atoms with E-state index in [0.29, 0.717) is 11.7 Å². The highest BCUT2D eigenvalue weighted by Gasteiger charge is 2.19. The lowest BCUT2D eigenvalue weighted by Gasteiger charge is -2.15. The van der Waals surface area contributed by atoms with Gasteiger partial charge in [0.2, 0.25) is 5.91 Å². The van der Waals surface area contributed by atoms with Crippen molar-refractivity contribution in [2.45, 2.75) is 31.7 Å². The summed E-state index contributed by atoms with van der Waals surface area (Å²) in [5.74, 6) is 1.67. The van der Waals surface area contributed by atoms with E-state index in [1.54, 1.807) is 0 Å². The van der Waals surface area contributed by atoms with Gasteiger partial charge >= 0.3 is 0 Å². The van der Waals surface area contributed by atoms with E-state index in [1.807, 2.05) is 73.0 Å². The third-order valence-corrected chi connectivity index (χ3v) is 5.38. The molecular formula is C20H21BrN4O2S. The number of thioether (sulfide) groups is 1. The molecule has 6 nitrogen and oxygen atoms in total. The van der Waals surface area contributed by atoms with E-state index in [2.05, 4.69) is 31.4 Å². The highest BCUT2D eigenvalue weighted by Crippen LogP contribution is 2.24. The maximum Gasteiger partial charge on any atom is 0.234 e. The summed E-state index contributed by atoms with van der Waals surface area (Å²) in [6.45, 7) is 4.66. The maximum atomic E-state index is 12.2. The monoisotopic (exact) mass is 460 g/mol. The number of para-hydroxylation sites is 1. The Hall–Kier alpha value is -2.32. The summed E-state index contributed by atoms with van der Waals surface area (Å²) >= 11 is 4.75. The molecule has 1 atom stereocenters. The van der Waals surface area contributed by atoms with Crippen molar-refractivity contribution in [1.82, 2.24) is 14.8 Å². The Bertz CT molecular complexity index is 933. The quantitative estimate of drug-likeness (QED) is 0.482. The normalized spacial score (nSPS) is 11.8. The van der Waals surface area contributed by atoms with Crippen molar-refractivity contribution < 1.29 is 9.53 Å². The molecule has 1 N–H and O–H groups in total. The van der Waals surface area contributed by atoms with Gasteiger partial charge in [0, 0.05) is 16.7 Å². The third kappa shape index (κ3) is 5.36. The van der Waals surface area contributed by atoms with Crippen LogP contribution in [0.4, 0.5) is 5.69 Å². The standard InChI is InChI=1S/C20H21BrN4O2S/c1-3-25-19(14(2)27-17-10-5-4-6-11-17)23-24-20(25)28-13-18(26)22-16-9-7-8-15(21)12-16/h4-12,14H,3,13H2,1-2H3,(H,22,26)/t14-/m0/s1. The Morgan fingerprint density at radius 3 is 2.71 bits per heavy atom. The minimum Gasteiger partial charge on any atom is -0.483 e. The topological polar surface area (TPSA) is 69.0 Å². The Balaban J connectivity index is 1.62. The third-order valence-electron chi connectivity index (χ3n) is 3.92. The van der Waals surface area contributed by atoms with E-state index in [9.17, 15) is 4.79 Å². The Kier molecular flexibility index (Phi) is 7.11. The van der Waals surface area contributed by atoms with Gasteiger partial charge < -0.3 is 14.6 Å². The van der Waals surface area contributed by atoms with Crippen LogP contribution in [0, 0.1) is 0 Å². The van der Waals surface area contributed by atoms with Gasteiger partial charge in [0.25, 0.3) is 0 Å². The lowest BCUT2D eigenvalue weighted by atomic mass is 10.3. The van der Waals surface area contributed by atoms with Crippen molar-refractivity contribution in [2.24, 2.45) is 0 Å². The predicted molar refractivity (Wildman–Crippen MR) is 115 cm³/mol. The van der Waals surface area contributed by atoms with Gasteiger partial charge in [-0.15, -0.1) is 10.2 Å². The Morgan fingerprint density at radius 1 is 1.21 bits per heavy atom. The number of benzene rings is 2. The van der Waals surface area contributed by atoms with Crippen LogP contribution in [0.25, 0.3) is 0 Å². The number of nitrogens with one attached hydrogen (secondary N) is 1. The minimum absolute atomic E-state index is 0.0936.